The van der Waals surface area contributed by atoms with Crippen molar-refractivity contribution in [3.05, 3.63) is 0 Å². The van der Waals surface area contributed by atoms with Gasteiger partial charge in [0.15, 0.2) is 0 Å². The second kappa shape index (κ2) is 9.56. The Balaban J connectivity index is 3.70. The van der Waals surface area contributed by atoms with Crippen molar-refractivity contribution >= 4 is 18.1 Å². The minimum absolute atomic E-state index is 0.0987. The van der Waals surface area contributed by atoms with Crippen molar-refractivity contribution in [2.24, 2.45) is 5.92 Å². The first-order chi connectivity index (χ1) is 7.26. The molecule has 0 aliphatic rings. The van der Waals surface area contributed by atoms with Gasteiger partial charge in [0.2, 0.25) is 0 Å². The van der Waals surface area contributed by atoms with Gasteiger partial charge < -0.3 is 16.2 Å². The van der Waals surface area contributed by atoms with E-state index in [9.17, 15) is 0 Å². The summed E-state index contributed by atoms with van der Waals surface area (Å²) in [7, 11) is 0. The molecule has 0 rings (SSSR count). The number of nitrogens with one attached hydrogen (secondary N) is 3. The summed E-state index contributed by atoms with van der Waals surface area (Å²) in [5, 5.41) is 21.7. The van der Waals surface area contributed by atoms with Crippen LogP contribution in [0.2, 0.25) is 0 Å². The summed E-state index contributed by atoms with van der Waals surface area (Å²) < 4.78 is 0. The lowest BCUT2D eigenvalue weighted by atomic mass is 9.93. The van der Waals surface area contributed by atoms with Gasteiger partial charge in [0.1, 0.15) is 0 Å². The van der Waals surface area contributed by atoms with Gasteiger partial charge in [-0.1, -0.05) is 39.0 Å². The summed E-state index contributed by atoms with van der Waals surface area (Å²) in [6, 6.07) is 0. The Morgan fingerprint density at radius 2 is 1.80 bits per heavy atom. The fraction of sp³-hybridized carbons (Fsp3) is 0.750. The molecule has 3 N–H and O–H groups in total. The SMILES string of the molecule is CCCCCCCC(CC=N)C(=N)C=N. The Labute approximate surface area is 92.8 Å². The molecule has 0 saturated carbocycles. The van der Waals surface area contributed by atoms with Gasteiger partial charge in [-0.2, -0.15) is 0 Å². The van der Waals surface area contributed by atoms with Crippen LogP contribution in [0.5, 0.6) is 0 Å². The zero-order valence-electron chi connectivity index (χ0n) is 9.68. The molecule has 3 nitrogen and oxygen atoms in total. The van der Waals surface area contributed by atoms with Crippen LogP contribution in [0.1, 0.15) is 51.9 Å². The van der Waals surface area contributed by atoms with Crippen LogP contribution < -0.4 is 0 Å². The van der Waals surface area contributed by atoms with E-state index in [2.05, 4.69) is 6.92 Å². The van der Waals surface area contributed by atoms with Crippen molar-refractivity contribution in [1.82, 2.24) is 0 Å². The second-order valence-corrected chi connectivity index (χ2v) is 3.94. The Morgan fingerprint density at radius 3 is 2.33 bits per heavy atom. The molecule has 0 fully saturated rings. The predicted molar refractivity (Wildman–Crippen MR) is 66.8 cm³/mol. The Kier molecular flexibility index (Phi) is 8.93. The summed E-state index contributed by atoms with van der Waals surface area (Å²) in [5.41, 5.74) is 0.369. The fourth-order valence-corrected chi connectivity index (χ4v) is 1.65. The topological polar surface area (TPSA) is 71.6 Å². The minimum atomic E-state index is 0.0987. The number of hydrogen-bond acceptors (Lipinski definition) is 3. The summed E-state index contributed by atoms with van der Waals surface area (Å²) >= 11 is 0. The highest BCUT2D eigenvalue weighted by molar-refractivity contribution is 6.29. The largest absolute Gasteiger partial charge is 0.313 e. The van der Waals surface area contributed by atoms with Crippen molar-refractivity contribution in [2.75, 3.05) is 0 Å². The number of unbranched alkanes of at least 4 members (excludes halogenated alkanes) is 4. The van der Waals surface area contributed by atoms with E-state index >= 15 is 0 Å². The molecule has 0 radical (unpaired) electrons. The molecule has 1 atom stereocenters. The van der Waals surface area contributed by atoms with Crippen LogP contribution in [0.4, 0.5) is 0 Å². The molecular formula is C12H23N3. The monoisotopic (exact) mass is 209 g/mol. The van der Waals surface area contributed by atoms with E-state index in [0.717, 1.165) is 19.1 Å². The molecule has 0 amide bonds. The van der Waals surface area contributed by atoms with E-state index < -0.39 is 0 Å². The average molecular weight is 209 g/mol. The molecular weight excluding hydrogens is 186 g/mol. The molecule has 15 heavy (non-hydrogen) atoms. The molecule has 0 aliphatic carbocycles. The second-order valence-electron chi connectivity index (χ2n) is 3.94. The lowest BCUT2D eigenvalue weighted by molar-refractivity contribution is 0.555. The first-order valence-corrected chi connectivity index (χ1v) is 5.84. The highest BCUT2D eigenvalue weighted by Gasteiger charge is 2.10. The van der Waals surface area contributed by atoms with Crippen LogP contribution in [0.25, 0.3) is 0 Å². The van der Waals surface area contributed by atoms with E-state index in [4.69, 9.17) is 16.2 Å². The molecule has 0 aromatic carbocycles. The van der Waals surface area contributed by atoms with Gasteiger partial charge in [-0.3, -0.25) is 0 Å². The standard InChI is InChI=1S/C12H23N3/c1-2-3-4-5-6-7-11(8-9-13)12(15)10-14/h9-11,13-15H,2-8H2,1H3. The first-order valence-electron chi connectivity index (χ1n) is 5.84. The normalized spacial score (nSPS) is 12.1. The van der Waals surface area contributed by atoms with Crippen LogP contribution >= 0.6 is 0 Å². The molecule has 3 heteroatoms. The van der Waals surface area contributed by atoms with Crippen LogP contribution in [-0.2, 0) is 0 Å². The fourth-order valence-electron chi connectivity index (χ4n) is 1.65. The molecule has 86 valence electrons. The maximum absolute atomic E-state index is 7.57. The Bertz CT molecular complexity index is 199. The summed E-state index contributed by atoms with van der Waals surface area (Å²) in [4.78, 5) is 0. The quantitative estimate of drug-likeness (QED) is 0.363. The van der Waals surface area contributed by atoms with Crippen LogP contribution in [-0.4, -0.2) is 18.1 Å². The molecule has 0 spiro atoms. The summed E-state index contributed by atoms with van der Waals surface area (Å²) in [5.74, 6) is 0.0987. The van der Waals surface area contributed by atoms with Crippen molar-refractivity contribution in [2.45, 2.75) is 51.9 Å². The van der Waals surface area contributed by atoms with Gasteiger partial charge in [0.05, 0.1) is 5.71 Å². The number of hydrogen-bond donors (Lipinski definition) is 3. The molecule has 0 aromatic heterocycles. The third-order valence-electron chi connectivity index (χ3n) is 2.65. The molecule has 0 aromatic rings. The van der Waals surface area contributed by atoms with E-state index in [0.29, 0.717) is 12.1 Å². The van der Waals surface area contributed by atoms with Gasteiger partial charge in [-0.15, -0.1) is 0 Å². The third-order valence-corrected chi connectivity index (χ3v) is 2.65. The first kappa shape index (κ1) is 14.0. The smallest absolute Gasteiger partial charge is 0.0523 e. The predicted octanol–water partition coefficient (Wildman–Crippen LogP) is 3.67. The van der Waals surface area contributed by atoms with Crippen LogP contribution in [0.15, 0.2) is 0 Å². The minimum Gasteiger partial charge on any atom is -0.313 e. The van der Waals surface area contributed by atoms with E-state index in [1.807, 2.05) is 0 Å². The van der Waals surface area contributed by atoms with Gasteiger partial charge in [0, 0.05) is 12.1 Å². The van der Waals surface area contributed by atoms with Gasteiger partial charge in [0.25, 0.3) is 0 Å². The van der Waals surface area contributed by atoms with Crippen molar-refractivity contribution in [3.8, 4) is 0 Å². The molecule has 0 aliphatic heterocycles. The molecule has 0 saturated heterocycles. The molecule has 0 heterocycles. The summed E-state index contributed by atoms with van der Waals surface area (Å²) in [6.07, 6.45) is 10.2. The maximum Gasteiger partial charge on any atom is 0.0523 e. The molecule has 0 bridgehead atoms. The number of rotatable bonds is 10. The molecule has 1 unspecified atom stereocenters. The van der Waals surface area contributed by atoms with Gasteiger partial charge in [-0.05, 0) is 19.1 Å². The Morgan fingerprint density at radius 1 is 1.13 bits per heavy atom. The van der Waals surface area contributed by atoms with E-state index in [-0.39, 0.29) is 5.92 Å². The lowest BCUT2D eigenvalue weighted by Gasteiger charge is -2.12. The van der Waals surface area contributed by atoms with Crippen LogP contribution in [0.3, 0.4) is 0 Å². The highest BCUT2D eigenvalue weighted by Crippen LogP contribution is 2.14. The Hall–Kier alpha value is -0.990. The van der Waals surface area contributed by atoms with Gasteiger partial charge >= 0.3 is 0 Å². The zero-order chi connectivity index (χ0) is 11.5. The lowest BCUT2D eigenvalue weighted by Crippen LogP contribution is -2.15. The summed E-state index contributed by atoms with van der Waals surface area (Å²) in [6.45, 7) is 2.20. The average Bonchev–Trinajstić information content (AvgIpc) is 2.26. The van der Waals surface area contributed by atoms with E-state index in [1.165, 1.54) is 31.9 Å². The zero-order valence-corrected chi connectivity index (χ0v) is 9.68. The highest BCUT2D eigenvalue weighted by atomic mass is 14.5. The van der Waals surface area contributed by atoms with Crippen molar-refractivity contribution < 1.29 is 0 Å². The van der Waals surface area contributed by atoms with Crippen LogP contribution in [0, 0.1) is 22.1 Å². The van der Waals surface area contributed by atoms with Gasteiger partial charge in [-0.25, -0.2) is 0 Å². The van der Waals surface area contributed by atoms with Crippen molar-refractivity contribution in [3.63, 3.8) is 0 Å². The van der Waals surface area contributed by atoms with E-state index in [1.54, 1.807) is 0 Å². The maximum atomic E-state index is 7.57. The van der Waals surface area contributed by atoms with Crippen molar-refractivity contribution in [1.29, 1.82) is 16.2 Å². The third kappa shape index (κ3) is 7.00.